The number of nitrogens with zero attached hydrogens (tertiary/aromatic N) is 1. The number of hydrogen-bond acceptors (Lipinski definition) is 2. The summed E-state index contributed by atoms with van der Waals surface area (Å²) in [4.78, 5) is 5.84. The van der Waals surface area contributed by atoms with Gasteiger partial charge in [-0.1, -0.05) is 5.57 Å². The molecule has 1 aliphatic rings. The van der Waals surface area contributed by atoms with E-state index >= 15 is 0 Å². The van der Waals surface area contributed by atoms with Gasteiger partial charge in [0, 0.05) is 0 Å². The first-order valence-corrected chi connectivity index (χ1v) is 4.71. The smallest absolute Gasteiger partial charge is 0.0903 e. The molecule has 1 aliphatic carbocycles. The lowest BCUT2D eigenvalue weighted by atomic mass is 10.0. The van der Waals surface area contributed by atoms with Crippen molar-refractivity contribution in [3.63, 3.8) is 0 Å². The Kier molecular flexibility index (Phi) is 1.57. The SMILES string of the molecule is CC1=Cc2sc(C)nc2CC1. The Hall–Kier alpha value is -0.630. The molecule has 0 saturated carbocycles. The van der Waals surface area contributed by atoms with Gasteiger partial charge in [-0.25, -0.2) is 4.98 Å². The zero-order chi connectivity index (χ0) is 7.84. The van der Waals surface area contributed by atoms with Gasteiger partial charge < -0.3 is 0 Å². The Bertz CT molecular complexity index is 309. The molecule has 1 aromatic rings. The summed E-state index contributed by atoms with van der Waals surface area (Å²) in [6, 6.07) is 0. The minimum atomic E-state index is 1.14. The van der Waals surface area contributed by atoms with Gasteiger partial charge in [0.15, 0.2) is 0 Å². The van der Waals surface area contributed by atoms with Crippen LogP contribution in [0.1, 0.15) is 28.9 Å². The van der Waals surface area contributed by atoms with Gasteiger partial charge in [0.05, 0.1) is 15.6 Å². The maximum absolute atomic E-state index is 4.46. The molecule has 0 fully saturated rings. The van der Waals surface area contributed by atoms with Gasteiger partial charge in [0.1, 0.15) is 0 Å². The minimum Gasteiger partial charge on any atom is -0.246 e. The second kappa shape index (κ2) is 2.45. The van der Waals surface area contributed by atoms with Crippen LogP contribution in [0.4, 0.5) is 0 Å². The quantitative estimate of drug-likeness (QED) is 0.576. The Labute approximate surface area is 70.8 Å². The summed E-state index contributed by atoms with van der Waals surface area (Å²) in [5.74, 6) is 0. The first kappa shape index (κ1) is 7.04. The Morgan fingerprint density at radius 3 is 3.00 bits per heavy atom. The minimum absolute atomic E-state index is 1.14. The normalized spacial score (nSPS) is 16.0. The van der Waals surface area contributed by atoms with Crippen LogP contribution in [0.15, 0.2) is 5.57 Å². The predicted octanol–water partition coefficient (Wildman–Crippen LogP) is 2.80. The van der Waals surface area contributed by atoms with Crippen molar-refractivity contribution in [3.05, 3.63) is 21.2 Å². The van der Waals surface area contributed by atoms with Crippen molar-refractivity contribution in [1.29, 1.82) is 0 Å². The predicted molar refractivity (Wildman–Crippen MR) is 48.8 cm³/mol. The molecule has 0 N–H and O–H groups in total. The van der Waals surface area contributed by atoms with Crippen LogP contribution in [0, 0.1) is 6.92 Å². The van der Waals surface area contributed by atoms with Crippen LogP contribution in [0.3, 0.4) is 0 Å². The summed E-state index contributed by atoms with van der Waals surface area (Å²) in [7, 11) is 0. The molecule has 0 aliphatic heterocycles. The first-order chi connectivity index (χ1) is 5.25. The fraction of sp³-hybridized carbons (Fsp3) is 0.444. The van der Waals surface area contributed by atoms with Crippen LogP contribution >= 0.6 is 11.3 Å². The summed E-state index contributed by atoms with van der Waals surface area (Å²) in [5.41, 5.74) is 2.79. The molecule has 58 valence electrons. The van der Waals surface area contributed by atoms with Crippen LogP contribution < -0.4 is 0 Å². The highest BCUT2D eigenvalue weighted by atomic mass is 32.1. The van der Waals surface area contributed by atoms with Crippen molar-refractivity contribution < 1.29 is 0 Å². The molecule has 1 heterocycles. The van der Waals surface area contributed by atoms with Crippen molar-refractivity contribution in [3.8, 4) is 0 Å². The standard InChI is InChI=1S/C9H11NS/c1-6-3-4-8-9(5-6)11-7(2)10-8/h5H,3-4H2,1-2H3. The monoisotopic (exact) mass is 165 g/mol. The Morgan fingerprint density at radius 1 is 1.36 bits per heavy atom. The molecule has 1 nitrogen and oxygen atoms in total. The van der Waals surface area contributed by atoms with Crippen LogP contribution in [-0.4, -0.2) is 4.98 Å². The van der Waals surface area contributed by atoms with E-state index in [-0.39, 0.29) is 0 Å². The molecule has 0 spiro atoms. The topological polar surface area (TPSA) is 12.9 Å². The fourth-order valence-electron chi connectivity index (χ4n) is 1.39. The largest absolute Gasteiger partial charge is 0.246 e. The van der Waals surface area contributed by atoms with Gasteiger partial charge in [-0.15, -0.1) is 11.3 Å². The summed E-state index contributed by atoms with van der Waals surface area (Å²) >= 11 is 1.81. The van der Waals surface area contributed by atoms with Crippen molar-refractivity contribution >= 4 is 17.4 Å². The number of allylic oxidation sites excluding steroid dienone is 1. The van der Waals surface area contributed by atoms with Crippen LogP contribution in [-0.2, 0) is 6.42 Å². The second-order valence-corrected chi connectivity index (χ2v) is 4.27. The third kappa shape index (κ3) is 1.23. The molecule has 11 heavy (non-hydrogen) atoms. The zero-order valence-electron chi connectivity index (χ0n) is 6.85. The molecule has 0 amide bonds. The van der Waals surface area contributed by atoms with E-state index in [0.29, 0.717) is 0 Å². The Balaban J connectivity index is 2.50. The third-order valence-corrected chi connectivity index (χ3v) is 2.93. The summed E-state index contributed by atoms with van der Waals surface area (Å²) in [5, 5.41) is 1.20. The van der Waals surface area contributed by atoms with Gasteiger partial charge in [0.2, 0.25) is 0 Å². The van der Waals surface area contributed by atoms with Crippen LogP contribution in [0.25, 0.3) is 6.08 Å². The maximum Gasteiger partial charge on any atom is 0.0903 e. The maximum atomic E-state index is 4.46. The highest BCUT2D eigenvalue weighted by Crippen LogP contribution is 2.27. The summed E-state index contributed by atoms with van der Waals surface area (Å²) < 4.78 is 0. The molecule has 0 saturated heterocycles. The molecule has 0 radical (unpaired) electrons. The van der Waals surface area contributed by atoms with E-state index in [0.717, 1.165) is 6.42 Å². The zero-order valence-corrected chi connectivity index (χ0v) is 7.66. The average molecular weight is 165 g/mol. The van der Waals surface area contributed by atoms with E-state index in [1.165, 1.54) is 27.6 Å². The molecule has 2 rings (SSSR count). The molecule has 0 aromatic carbocycles. The van der Waals surface area contributed by atoms with E-state index in [9.17, 15) is 0 Å². The van der Waals surface area contributed by atoms with E-state index in [1.807, 2.05) is 0 Å². The van der Waals surface area contributed by atoms with E-state index in [2.05, 4.69) is 24.9 Å². The van der Waals surface area contributed by atoms with E-state index in [1.54, 1.807) is 11.3 Å². The highest BCUT2D eigenvalue weighted by molar-refractivity contribution is 7.12. The van der Waals surface area contributed by atoms with E-state index < -0.39 is 0 Å². The van der Waals surface area contributed by atoms with Gasteiger partial charge in [-0.3, -0.25) is 0 Å². The molecule has 0 unspecified atom stereocenters. The molecule has 0 atom stereocenters. The number of aromatic nitrogens is 1. The fourth-order valence-corrected chi connectivity index (χ4v) is 2.39. The number of hydrogen-bond donors (Lipinski definition) is 0. The lowest BCUT2D eigenvalue weighted by Gasteiger charge is -2.06. The molecule has 0 bridgehead atoms. The van der Waals surface area contributed by atoms with Crippen molar-refractivity contribution in [2.24, 2.45) is 0 Å². The van der Waals surface area contributed by atoms with Gasteiger partial charge in [-0.2, -0.15) is 0 Å². The number of rotatable bonds is 0. The molecular formula is C9H11NS. The van der Waals surface area contributed by atoms with Crippen molar-refractivity contribution in [2.75, 3.05) is 0 Å². The molecule has 1 aromatic heterocycles. The van der Waals surface area contributed by atoms with Crippen LogP contribution in [0.5, 0.6) is 0 Å². The number of aryl methyl sites for hydroxylation is 2. The average Bonchev–Trinajstić information content (AvgIpc) is 2.27. The van der Waals surface area contributed by atoms with Gasteiger partial charge >= 0.3 is 0 Å². The summed E-state index contributed by atoms with van der Waals surface area (Å²) in [6.45, 7) is 4.27. The lowest BCUT2D eigenvalue weighted by molar-refractivity contribution is 0.894. The first-order valence-electron chi connectivity index (χ1n) is 3.89. The third-order valence-electron chi connectivity index (χ3n) is 1.97. The van der Waals surface area contributed by atoms with Crippen molar-refractivity contribution in [2.45, 2.75) is 26.7 Å². The summed E-state index contributed by atoms with van der Waals surface area (Å²) in [6.07, 6.45) is 4.60. The molecular weight excluding hydrogens is 154 g/mol. The van der Waals surface area contributed by atoms with Crippen molar-refractivity contribution in [1.82, 2.24) is 4.98 Å². The Morgan fingerprint density at radius 2 is 2.18 bits per heavy atom. The number of fused-ring (bicyclic) bond motifs is 1. The highest BCUT2D eigenvalue weighted by Gasteiger charge is 2.11. The van der Waals surface area contributed by atoms with E-state index in [4.69, 9.17) is 0 Å². The van der Waals surface area contributed by atoms with Gasteiger partial charge in [-0.05, 0) is 32.8 Å². The lowest BCUT2D eigenvalue weighted by Crippen LogP contribution is -1.94. The second-order valence-electron chi connectivity index (χ2n) is 3.03. The molecule has 2 heteroatoms. The number of thiazole rings is 1. The van der Waals surface area contributed by atoms with Crippen LogP contribution in [0.2, 0.25) is 0 Å². The van der Waals surface area contributed by atoms with Gasteiger partial charge in [0.25, 0.3) is 0 Å².